The van der Waals surface area contributed by atoms with Gasteiger partial charge in [0.15, 0.2) is 5.69 Å². The molecule has 0 radical (unpaired) electrons. The van der Waals surface area contributed by atoms with Gasteiger partial charge in [0, 0.05) is 12.0 Å². The molecule has 0 atom stereocenters. The molecule has 0 unspecified atom stereocenters. The summed E-state index contributed by atoms with van der Waals surface area (Å²) in [5.74, 6) is 0.364. The van der Waals surface area contributed by atoms with E-state index in [-0.39, 0.29) is 17.0 Å². The van der Waals surface area contributed by atoms with E-state index in [4.69, 9.17) is 10.00 Å². The standard InChI is InChI=1S/C18H11F3N4O2/c19-18(20,21)27-14-7-12(10-1-2-16-11(5-10)3-4-26-16)6-13(8-14)17-15(9-22)23-25-24-17/h1-2,5-8H,3-4H2,(H,23,24,25). The number of fused-ring (bicyclic) bond motifs is 1. The molecule has 2 aromatic carbocycles. The van der Waals surface area contributed by atoms with E-state index in [2.05, 4.69) is 20.1 Å². The normalized spacial score (nSPS) is 13.0. The van der Waals surface area contributed by atoms with E-state index in [0.29, 0.717) is 17.7 Å². The maximum absolute atomic E-state index is 12.7. The summed E-state index contributed by atoms with van der Waals surface area (Å²) in [5.41, 5.74) is 2.66. The van der Waals surface area contributed by atoms with Gasteiger partial charge in [-0.3, -0.25) is 0 Å². The molecule has 0 amide bonds. The summed E-state index contributed by atoms with van der Waals surface area (Å²) >= 11 is 0. The van der Waals surface area contributed by atoms with Crippen LogP contribution in [0.2, 0.25) is 0 Å². The Hall–Kier alpha value is -3.54. The number of rotatable bonds is 3. The number of alkyl halides is 3. The van der Waals surface area contributed by atoms with Gasteiger partial charge in [-0.25, -0.2) is 5.10 Å². The quantitative estimate of drug-likeness (QED) is 0.755. The zero-order valence-corrected chi connectivity index (χ0v) is 13.7. The first-order valence-electron chi connectivity index (χ1n) is 7.91. The molecule has 27 heavy (non-hydrogen) atoms. The SMILES string of the molecule is N#Cc1[nH]nnc1-c1cc(OC(F)(F)F)cc(-c2ccc3c(c2)CCO3)c1. The summed E-state index contributed by atoms with van der Waals surface area (Å²) < 4.78 is 47.8. The third kappa shape index (κ3) is 3.42. The van der Waals surface area contributed by atoms with Crippen LogP contribution in [0.4, 0.5) is 13.2 Å². The van der Waals surface area contributed by atoms with Gasteiger partial charge in [0.2, 0.25) is 0 Å². The highest BCUT2D eigenvalue weighted by Gasteiger charge is 2.31. The second kappa shape index (κ2) is 6.32. The van der Waals surface area contributed by atoms with E-state index >= 15 is 0 Å². The van der Waals surface area contributed by atoms with Gasteiger partial charge in [-0.1, -0.05) is 11.3 Å². The first-order valence-corrected chi connectivity index (χ1v) is 7.91. The Kier molecular flexibility index (Phi) is 3.96. The minimum absolute atomic E-state index is 0.0486. The summed E-state index contributed by atoms with van der Waals surface area (Å²) in [6.45, 7) is 0.575. The second-order valence-corrected chi connectivity index (χ2v) is 5.86. The van der Waals surface area contributed by atoms with E-state index in [1.165, 1.54) is 12.1 Å². The van der Waals surface area contributed by atoms with Crippen molar-refractivity contribution in [2.24, 2.45) is 0 Å². The maximum Gasteiger partial charge on any atom is 0.573 e. The summed E-state index contributed by atoms with van der Waals surface area (Å²) in [5, 5.41) is 18.9. The number of benzene rings is 2. The van der Waals surface area contributed by atoms with Crippen molar-refractivity contribution in [2.45, 2.75) is 12.8 Å². The molecule has 0 aliphatic carbocycles. The topological polar surface area (TPSA) is 83.8 Å². The van der Waals surface area contributed by atoms with Crippen LogP contribution >= 0.6 is 0 Å². The van der Waals surface area contributed by atoms with Gasteiger partial charge >= 0.3 is 6.36 Å². The lowest BCUT2D eigenvalue weighted by Gasteiger charge is -2.13. The van der Waals surface area contributed by atoms with Crippen LogP contribution < -0.4 is 9.47 Å². The fraction of sp³-hybridized carbons (Fsp3) is 0.167. The number of aromatic nitrogens is 3. The fourth-order valence-electron chi connectivity index (χ4n) is 2.97. The third-order valence-electron chi connectivity index (χ3n) is 4.10. The predicted molar refractivity (Wildman–Crippen MR) is 87.9 cm³/mol. The Morgan fingerprint density at radius 2 is 1.93 bits per heavy atom. The van der Waals surface area contributed by atoms with E-state index in [1.54, 1.807) is 18.2 Å². The van der Waals surface area contributed by atoms with E-state index in [0.717, 1.165) is 17.7 Å². The lowest BCUT2D eigenvalue weighted by atomic mass is 9.98. The van der Waals surface area contributed by atoms with Crippen LogP contribution in [0.25, 0.3) is 22.4 Å². The summed E-state index contributed by atoms with van der Waals surface area (Å²) in [6, 6.07) is 11.4. The van der Waals surface area contributed by atoms with Crippen molar-refractivity contribution in [2.75, 3.05) is 6.61 Å². The van der Waals surface area contributed by atoms with Crippen LogP contribution in [-0.2, 0) is 6.42 Å². The number of nitrogens with one attached hydrogen (secondary N) is 1. The number of hydrogen-bond donors (Lipinski definition) is 1. The molecule has 1 N–H and O–H groups in total. The molecular formula is C18H11F3N4O2. The predicted octanol–water partition coefficient (Wildman–Crippen LogP) is 3.84. The molecular weight excluding hydrogens is 361 g/mol. The molecule has 6 nitrogen and oxygen atoms in total. The number of nitriles is 1. The Labute approximate surface area is 151 Å². The smallest absolute Gasteiger partial charge is 0.493 e. The van der Waals surface area contributed by atoms with Crippen LogP contribution in [0, 0.1) is 11.3 Å². The maximum atomic E-state index is 12.7. The van der Waals surface area contributed by atoms with Crippen molar-refractivity contribution in [1.82, 2.24) is 15.4 Å². The number of nitrogens with zero attached hydrogens (tertiary/aromatic N) is 3. The van der Waals surface area contributed by atoms with Gasteiger partial charge in [0.25, 0.3) is 0 Å². The van der Waals surface area contributed by atoms with Gasteiger partial charge in [-0.15, -0.1) is 18.3 Å². The van der Waals surface area contributed by atoms with Gasteiger partial charge in [-0.2, -0.15) is 5.26 Å². The van der Waals surface area contributed by atoms with Crippen molar-refractivity contribution in [3.05, 3.63) is 47.7 Å². The summed E-state index contributed by atoms with van der Waals surface area (Å²) in [6.07, 6.45) is -4.11. The molecule has 4 rings (SSSR count). The van der Waals surface area contributed by atoms with Crippen LogP contribution in [0.5, 0.6) is 11.5 Å². The largest absolute Gasteiger partial charge is 0.573 e. The molecule has 1 aliphatic rings. The minimum atomic E-state index is -4.84. The molecule has 136 valence electrons. The van der Waals surface area contributed by atoms with E-state index in [9.17, 15) is 13.2 Å². The molecule has 1 aromatic heterocycles. The Morgan fingerprint density at radius 1 is 1.11 bits per heavy atom. The van der Waals surface area contributed by atoms with Gasteiger partial charge in [0.1, 0.15) is 23.3 Å². The molecule has 0 saturated carbocycles. The Balaban J connectivity index is 1.84. The Morgan fingerprint density at radius 3 is 2.70 bits per heavy atom. The monoisotopic (exact) mass is 372 g/mol. The fourth-order valence-corrected chi connectivity index (χ4v) is 2.97. The number of hydrogen-bond acceptors (Lipinski definition) is 5. The highest BCUT2D eigenvalue weighted by molar-refractivity contribution is 5.76. The number of halogens is 3. The minimum Gasteiger partial charge on any atom is -0.493 e. The lowest BCUT2D eigenvalue weighted by Crippen LogP contribution is -2.17. The molecule has 1 aliphatic heterocycles. The molecule has 3 aromatic rings. The van der Waals surface area contributed by atoms with Gasteiger partial charge < -0.3 is 9.47 Å². The summed E-state index contributed by atoms with van der Waals surface area (Å²) in [4.78, 5) is 0. The van der Waals surface area contributed by atoms with Gasteiger partial charge in [-0.05, 0) is 47.0 Å². The lowest BCUT2D eigenvalue weighted by molar-refractivity contribution is -0.274. The van der Waals surface area contributed by atoms with Crippen molar-refractivity contribution < 1.29 is 22.6 Å². The van der Waals surface area contributed by atoms with Crippen LogP contribution in [0.1, 0.15) is 11.3 Å². The van der Waals surface area contributed by atoms with Crippen molar-refractivity contribution in [3.63, 3.8) is 0 Å². The van der Waals surface area contributed by atoms with Crippen molar-refractivity contribution in [3.8, 4) is 40.0 Å². The first kappa shape index (κ1) is 16.9. The van der Waals surface area contributed by atoms with Crippen LogP contribution in [0.15, 0.2) is 36.4 Å². The average Bonchev–Trinajstić information content (AvgIpc) is 3.28. The van der Waals surface area contributed by atoms with Crippen molar-refractivity contribution in [1.29, 1.82) is 5.26 Å². The first-order chi connectivity index (χ1) is 12.9. The average molecular weight is 372 g/mol. The molecule has 0 fully saturated rings. The molecule has 0 saturated heterocycles. The number of H-pyrrole nitrogens is 1. The zero-order chi connectivity index (χ0) is 19.0. The van der Waals surface area contributed by atoms with E-state index in [1.807, 2.05) is 12.1 Å². The van der Waals surface area contributed by atoms with Crippen LogP contribution in [-0.4, -0.2) is 28.4 Å². The number of ether oxygens (including phenoxy) is 2. The summed E-state index contributed by atoms with van der Waals surface area (Å²) in [7, 11) is 0. The molecule has 0 bridgehead atoms. The highest BCUT2D eigenvalue weighted by Crippen LogP contribution is 2.36. The highest BCUT2D eigenvalue weighted by atomic mass is 19.4. The van der Waals surface area contributed by atoms with E-state index < -0.39 is 12.1 Å². The molecule has 0 spiro atoms. The third-order valence-corrected chi connectivity index (χ3v) is 4.10. The second-order valence-electron chi connectivity index (χ2n) is 5.86. The van der Waals surface area contributed by atoms with Gasteiger partial charge in [0.05, 0.1) is 6.61 Å². The molecule has 9 heteroatoms. The molecule has 2 heterocycles. The zero-order valence-electron chi connectivity index (χ0n) is 13.7. The number of aromatic amines is 1. The van der Waals surface area contributed by atoms with Crippen molar-refractivity contribution >= 4 is 0 Å². The van der Waals surface area contributed by atoms with Crippen LogP contribution in [0.3, 0.4) is 0 Å². The Bertz CT molecular complexity index is 1050.